The van der Waals surface area contributed by atoms with Gasteiger partial charge in [0.1, 0.15) is 0 Å². The molecule has 0 spiro atoms. The van der Waals surface area contributed by atoms with Crippen LogP contribution in [0, 0.1) is 86.4 Å². The number of amides is 19. The summed E-state index contributed by atoms with van der Waals surface area (Å²) in [4.78, 5) is 259. The minimum Gasteiger partial charge on any atom is -0.355 e. The molecule has 830 valence electrons. The third kappa shape index (κ3) is 88.4. The lowest BCUT2D eigenvalue weighted by Gasteiger charge is -2.28. The minimum atomic E-state index is -0.411. The number of unbranched alkanes of at least 4 members (excludes halogenated alkanes) is 7. The lowest BCUT2D eigenvalue weighted by Crippen LogP contribution is -2.43. The van der Waals surface area contributed by atoms with Gasteiger partial charge in [-0.15, -0.1) is 86.4 Å². The number of hydrogen-bond acceptors (Lipinski definition) is 26. The van der Waals surface area contributed by atoms with Crippen molar-refractivity contribution in [1.29, 1.82) is 0 Å². The predicted octanol–water partition coefficient (Wildman–Crippen LogP) is -4.73. The highest BCUT2D eigenvalue weighted by Crippen LogP contribution is 2.08. The average molecular weight is 2090 g/mol. The standard InChI is InChI=1S/C104H170N26O19/c1-8-15-22-29-86(131)107-50-57-114-94(139)37-69-125(68-36-93(138)106-49-48-105)80-64-121-101(146)44-76-129(77-45-102(147)122-65-81-126(70-38-95(140)115-58-51-108-87(132)30-23-16-9-2)71-39-96(141)116-59-52-109-88(133)31-24-17-10-3)84-85-130(78-46-103(148)123-66-82-127(72-40-97(142)117-60-53-110-89(134)32-25-18-11-4)73-41-98(143)118-61-54-111-90(135)33-26-19-12-5)79-47-104(149)124-67-83-128(74-42-99(144)119-62-55-112-91(136)34-27-20-13-6)75-43-100(145)120-63-56-113-92(137)35-28-21-14-7/h1-7H,15-85,105H2,(H,106,138)(H,107,131)(H,108,132)(H,109,133)(H,110,134)(H,111,135)(H,112,136)(H,113,137)(H,114,139)(H,115,140)(H,116,141)(H,117,142)(H,118,143)(H,119,144)(H,120,145)(H,121,146)(H,122,147)(H,123,148)(H,124,149). The molecule has 21 N–H and O–H groups in total. The summed E-state index contributed by atoms with van der Waals surface area (Å²) in [5.41, 5.74) is 5.65. The molecule has 0 aliphatic heterocycles. The Labute approximate surface area is 882 Å². The van der Waals surface area contributed by atoms with E-state index in [1.54, 1.807) is 0 Å². The molecule has 0 aromatic heterocycles. The molecule has 0 radical (unpaired) electrons. The van der Waals surface area contributed by atoms with Crippen molar-refractivity contribution < 1.29 is 91.1 Å². The van der Waals surface area contributed by atoms with Gasteiger partial charge in [-0.1, -0.05) is 0 Å². The molecule has 0 saturated heterocycles. The fraction of sp³-hybridized carbons (Fsp3) is 0.683. The molecule has 0 aliphatic rings. The van der Waals surface area contributed by atoms with Crippen molar-refractivity contribution in [3.8, 4) is 86.4 Å². The Morgan fingerprint density at radius 1 is 0.141 bits per heavy atom. The Morgan fingerprint density at radius 2 is 0.242 bits per heavy atom. The van der Waals surface area contributed by atoms with Gasteiger partial charge in [0, 0.05) is 416 Å². The molecule has 45 nitrogen and oxygen atoms in total. The Hall–Kier alpha value is -13.4. The highest BCUT2D eigenvalue weighted by molar-refractivity contribution is 5.83. The van der Waals surface area contributed by atoms with Crippen molar-refractivity contribution in [2.75, 3.05) is 249 Å². The highest BCUT2D eigenvalue weighted by Gasteiger charge is 2.23. The van der Waals surface area contributed by atoms with Crippen molar-refractivity contribution in [3.05, 3.63) is 0 Å². The van der Waals surface area contributed by atoms with Crippen LogP contribution >= 0.6 is 0 Å². The number of nitrogens with two attached hydrogens (primary N) is 1. The molecule has 19 amide bonds. The molecule has 0 atom stereocenters. The first-order valence-electron chi connectivity index (χ1n) is 52.2. The Morgan fingerprint density at radius 3 is 0.356 bits per heavy atom. The summed E-state index contributed by atoms with van der Waals surface area (Å²) < 4.78 is 0. The number of nitrogens with zero attached hydrogens (tertiary/aromatic N) is 6. The van der Waals surface area contributed by atoms with E-state index in [1.165, 1.54) is 0 Å². The SMILES string of the molecule is C#CCCCC(=O)NCCNC(=O)CCN(CCNC(=O)CCN(CCC(=O)NCCN(CCC(=O)NCCNC(=O)CCCC#C)CCC(=O)NCCNC(=O)CCCC#C)CCN(CCC(=O)NCCN(CCC(=O)NCCNC(=O)CCCC#C)CCC(=O)NCCNC(=O)CCCC#C)CCC(=O)NCCN(CCC(=O)NCCNC(=O)CCCC#C)CCC(=O)NCCNC(=O)CCCC#C)CCC(=O)NCCN. The third-order valence-corrected chi connectivity index (χ3v) is 22.5. The molecule has 0 aliphatic carbocycles. The Balaban J connectivity index is 7.67. The number of hydrogen-bond donors (Lipinski definition) is 20. The maximum atomic E-state index is 14.2. The van der Waals surface area contributed by atoms with Gasteiger partial charge in [-0.05, 0) is 44.9 Å². The molecule has 0 saturated carbocycles. The monoisotopic (exact) mass is 2090 g/mol. The lowest BCUT2D eigenvalue weighted by molar-refractivity contribution is -0.124. The van der Waals surface area contributed by atoms with E-state index in [0.717, 1.165) is 0 Å². The van der Waals surface area contributed by atoms with Gasteiger partial charge in [0.2, 0.25) is 112 Å². The van der Waals surface area contributed by atoms with Gasteiger partial charge in [0.25, 0.3) is 0 Å². The van der Waals surface area contributed by atoms with E-state index in [4.69, 9.17) is 50.7 Å². The van der Waals surface area contributed by atoms with Gasteiger partial charge in [0.15, 0.2) is 0 Å². The van der Waals surface area contributed by atoms with Crippen LogP contribution in [0.1, 0.15) is 212 Å². The van der Waals surface area contributed by atoms with Crippen LogP contribution in [-0.4, -0.2) is 390 Å². The normalized spacial score (nSPS) is 10.6. The summed E-state index contributed by atoms with van der Waals surface area (Å²) in [6.07, 6.45) is 45.1. The van der Waals surface area contributed by atoms with E-state index in [9.17, 15) is 91.1 Å². The van der Waals surface area contributed by atoms with E-state index >= 15 is 0 Å². The van der Waals surface area contributed by atoms with E-state index in [-0.39, 0.29) is 459 Å². The van der Waals surface area contributed by atoms with Crippen molar-refractivity contribution in [1.82, 2.24) is 130 Å². The van der Waals surface area contributed by atoms with E-state index in [2.05, 4.69) is 142 Å². The zero-order valence-corrected chi connectivity index (χ0v) is 87.8. The topological polar surface area (TPSA) is 598 Å². The molecule has 149 heavy (non-hydrogen) atoms. The van der Waals surface area contributed by atoms with Crippen LogP contribution in [0.3, 0.4) is 0 Å². The lowest BCUT2D eigenvalue weighted by atomic mass is 10.2. The maximum absolute atomic E-state index is 14.2. The number of carbonyl (C=O) groups is 19. The first-order chi connectivity index (χ1) is 72.0. The van der Waals surface area contributed by atoms with E-state index in [1.807, 2.05) is 29.4 Å². The zero-order chi connectivity index (χ0) is 110. The fourth-order valence-electron chi connectivity index (χ4n) is 14.0. The van der Waals surface area contributed by atoms with Crippen molar-refractivity contribution in [3.63, 3.8) is 0 Å². The van der Waals surface area contributed by atoms with Crippen LogP contribution in [0.2, 0.25) is 0 Å². The van der Waals surface area contributed by atoms with Gasteiger partial charge in [-0.25, -0.2) is 0 Å². The fourth-order valence-corrected chi connectivity index (χ4v) is 14.0. The summed E-state index contributed by atoms with van der Waals surface area (Å²) in [5, 5.41) is 53.3. The van der Waals surface area contributed by atoms with Gasteiger partial charge in [-0.3, -0.25) is 91.1 Å². The molecule has 0 bridgehead atoms. The first-order valence-corrected chi connectivity index (χ1v) is 52.2. The summed E-state index contributed by atoms with van der Waals surface area (Å²) in [6, 6.07) is 0. The predicted molar refractivity (Wildman–Crippen MR) is 569 cm³/mol. The molecular weight excluding hydrogens is 1920 g/mol. The van der Waals surface area contributed by atoms with Crippen LogP contribution in [0.5, 0.6) is 0 Å². The Bertz CT molecular complexity index is 3790. The summed E-state index contributed by atoms with van der Waals surface area (Å²) in [5.74, 6) is 11.7. The number of nitrogens with one attached hydrogen (secondary N) is 19. The molecular formula is C104H170N26O19. The molecule has 0 aromatic carbocycles. The second-order valence-corrected chi connectivity index (χ2v) is 34.9. The van der Waals surface area contributed by atoms with Crippen LogP contribution in [-0.2, 0) is 91.1 Å². The molecule has 0 fully saturated rings. The van der Waals surface area contributed by atoms with E-state index < -0.39 is 23.6 Å². The first kappa shape index (κ1) is 136. The summed E-state index contributed by atoms with van der Waals surface area (Å²) >= 11 is 0. The van der Waals surface area contributed by atoms with Crippen LogP contribution < -0.4 is 107 Å². The van der Waals surface area contributed by atoms with Crippen molar-refractivity contribution in [2.24, 2.45) is 5.73 Å². The third-order valence-electron chi connectivity index (χ3n) is 22.5. The van der Waals surface area contributed by atoms with Crippen molar-refractivity contribution >= 4 is 112 Å². The average Bonchev–Trinajstić information content (AvgIpc) is 0.925. The highest BCUT2D eigenvalue weighted by atomic mass is 16.2. The van der Waals surface area contributed by atoms with E-state index in [0.29, 0.717) is 89.9 Å². The molecule has 0 unspecified atom stereocenters. The number of carbonyl (C=O) groups excluding carboxylic acids is 19. The van der Waals surface area contributed by atoms with Crippen molar-refractivity contribution in [2.45, 2.75) is 212 Å². The van der Waals surface area contributed by atoms with Crippen LogP contribution in [0.4, 0.5) is 0 Å². The molecule has 45 heteroatoms. The largest absolute Gasteiger partial charge is 0.355 e. The van der Waals surface area contributed by atoms with Gasteiger partial charge >= 0.3 is 0 Å². The quantitative estimate of drug-likeness (QED) is 0.0201. The second-order valence-electron chi connectivity index (χ2n) is 34.9. The molecule has 0 aromatic rings. The van der Waals surface area contributed by atoms with Gasteiger partial charge in [-0.2, -0.15) is 0 Å². The molecule has 0 heterocycles. The van der Waals surface area contributed by atoms with Gasteiger partial charge in [0.05, 0.1) is 0 Å². The second kappa shape index (κ2) is 95.5. The Kier molecular flexibility index (Phi) is 86.9. The minimum absolute atomic E-state index is 0.0137. The smallest absolute Gasteiger partial charge is 0.221 e. The van der Waals surface area contributed by atoms with Crippen LogP contribution in [0.25, 0.3) is 0 Å². The summed E-state index contributed by atoms with van der Waals surface area (Å²) in [6.45, 7) is 5.57. The zero-order valence-electron chi connectivity index (χ0n) is 87.8. The van der Waals surface area contributed by atoms with Gasteiger partial charge < -0.3 is 136 Å². The molecule has 0 rings (SSSR count). The van der Waals surface area contributed by atoms with Crippen LogP contribution in [0.15, 0.2) is 0 Å². The number of rotatable bonds is 95. The maximum Gasteiger partial charge on any atom is 0.221 e. The summed E-state index contributed by atoms with van der Waals surface area (Å²) in [7, 11) is 0. The number of terminal acetylenes is 7.